The highest BCUT2D eigenvalue weighted by atomic mass is 16.7. The summed E-state index contributed by atoms with van der Waals surface area (Å²) in [6.07, 6.45) is 4.93. The van der Waals surface area contributed by atoms with E-state index >= 15 is 0 Å². The third kappa shape index (κ3) is 4.51. The van der Waals surface area contributed by atoms with Crippen molar-refractivity contribution in [1.29, 1.82) is 0 Å². The van der Waals surface area contributed by atoms with E-state index < -0.39 is 5.97 Å². The minimum Gasteiger partial charge on any atom is -0.454 e. The van der Waals surface area contributed by atoms with E-state index in [-0.39, 0.29) is 19.2 Å². The average Bonchev–Trinajstić information content (AvgIpc) is 3.13. The Kier molecular flexibility index (Phi) is 5.69. The first kappa shape index (κ1) is 17.7. The predicted molar refractivity (Wildman–Crippen MR) is 97.3 cm³/mol. The van der Waals surface area contributed by atoms with Crippen LogP contribution in [0.1, 0.15) is 34.8 Å². The van der Waals surface area contributed by atoms with Gasteiger partial charge in [0.1, 0.15) is 0 Å². The first-order valence-electron chi connectivity index (χ1n) is 8.52. The van der Waals surface area contributed by atoms with Gasteiger partial charge in [0.25, 0.3) is 0 Å². The van der Waals surface area contributed by atoms with E-state index in [1.807, 2.05) is 12.1 Å². The monoisotopic (exact) mass is 352 g/mol. The normalized spacial score (nSPS) is 12.3. The lowest BCUT2D eigenvalue weighted by atomic mass is 10.1. The molecule has 2 aromatic rings. The van der Waals surface area contributed by atoms with Gasteiger partial charge in [-0.05, 0) is 35.8 Å². The van der Waals surface area contributed by atoms with Crippen LogP contribution in [-0.4, -0.2) is 25.2 Å². The van der Waals surface area contributed by atoms with Crippen molar-refractivity contribution in [2.45, 2.75) is 19.8 Å². The average molecular weight is 352 g/mol. The van der Waals surface area contributed by atoms with Crippen LogP contribution in [0.3, 0.4) is 0 Å². The molecule has 0 aromatic heterocycles. The van der Waals surface area contributed by atoms with Crippen molar-refractivity contribution in [2.24, 2.45) is 0 Å². The number of hydrogen-bond acceptors (Lipinski definition) is 5. The van der Waals surface area contributed by atoms with Gasteiger partial charge in [0.2, 0.25) is 6.79 Å². The highest BCUT2D eigenvalue weighted by Gasteiger charge is 2.12. The molecule has 2 aromatic carbocycles. The van der Waals surface area contributed by atoms with Crippen molar-refractivity contribution < 1.29 is 23.8 Å². The van der Waals surface area contributed by atoms with Crippen LogP contribution in [-0.2, 0) is 16.0 Å². The minimum absolute atomic E-state index is 0.200. The minimum atomic E-state index is -0.571. The third-order valence-electron chi connectivity index (χ3n) is 3.97. The van der Waals surface area contributed by atoms with Crippen LogP contribution < -0.4 is 9.47 Å². The van der Waals surface area contributed by atoms with E-state index in [2.05, 4.69) is 6.92 Å². The van der Waals surface area contributed by atoms with Crippen molar-refractivity contribution in [3.05, 3.63) is 65.2 Å². The third-order valence-corrected chi connectivity index (χ3v) is 3.97. The van der Waals surface area contributed by atoms with Crippen LogP contribution in [0.4, 0.5) is 0 Å². The summed E-state index contributed by atoms with van der Waals surface area (Å²) in [5.74, 6) is 0.527. The maximum absolute atomic E-state index is 12.1. The molecular formula is C21H20O5. The second-order valence-corrected chi connectivity index (χ2v) is 5.92. The SMILES string of the molecule is CCCc1ccc(C(=O)COC(=O)/C=C/c2ccc3c(c2)OCO3)cc1. The number of esters is 1. The summed E-state index contributed by atoms with van der Waals surface area (Å²) in [7, 11) is 0. The van der Waals surface area contributed by atoms with Crippen molar-refractivity contribution in [3.63, 3.8) is 0 Å². The van der Waals surface area contributed by atoms with E-state index in [1.165, 1.54) is 11.6 Å². The largest absolute Gasteiger partial charge is 0.454 e. The van der Waals surface area contributed by atoms with Gasteiger partial charge >= 0.3 is 5.97 Å². The number of aryl methyl sites for hydroxylation is 1. The molecule has 3 rings (SSSR count). The van der Waals surface area contributed by atoms with Crippen molar-refractivity contribution in [1.82, 2.24) is 0 Å². The van der Waals surface area contributed by atoms with Gasteiger partial charge in [-0.2, -0.15) is 0 Å². The van der Waals surface area contributed by atoms with Crippen molar-refractivity contribution >= 4 is 17.8 Å². The zero-order valence-corrected chi connectivity index (χ0v) is 14.6. The fourth-order valence-electron chi connectivity index (χ4n) is 2.60. The molecule has 26 heavy (non-hydrogen) atoms. The smallest absolute Gasteiger partial charge is 0.331 e. The van der Waals surface area contributed by atoms with Gasteiger partial charge < -0.3 is 14.2 Å². The molecule has 0 spiro atoms. The number of ketones is 1. The molecule has 0 atom stereocenters. The fraction of sp³-hybridized carbons (Fsp3) is 0.238. The maximum Gasteiger partial charge on any atom is 0.331 e. The Labute approximate surface area is 152 Å². The number of ether oxygens (including phenoxy) is 3. The second kappa shape index (κ2) is 8.34. The number of carbonyl (C=O) groups excluding carboxylic acids is 2. The van der Waals surface area contributed by atoms with Gasteiger partial charge in [0.15, 0.2) is 23.9 Å². The lowest BCUT2D eigenvalue weighted by Crippen LogP contribution is -2.12. The van der Waals surface area contributed by atoms with Gasteiger partial charge in [-0.3, -0.25) is 4.79 Å². The molecule has 0 fully saturated rings. The topological polar surface area (TPSA) is 61.8 Å². The summed E-state index contributed by atoms with van der Waals surface area (Å²) < 4.78 is 15.5. The summed E-state index contributed by atoms with van der Waals surface area (Å²) in [5, 5.41) is 0. The number of rotatable bonds is 7. The van der Waals surface area contributed by atoms with Gasteiger partial charge in [0, 0.05) is 11.6 Å². The Morgan fingerprint density at radius 2 is 1.85 bits per heavy atom. The lowest BCUT2D eigenvalue weighted by Gasteiger charge is -2.04. The van der Waals surface area contributed by atoms with Crippen LogP contribution in [0.15, 0.2) is 48.5 Å². The second-order valence-electron chi connectivity index (χ2n) is 5.92. The number of benzene rings is 2. The van der Waals surface area contributed by atoms with Crippen molar-refractivity contribution in [2.75, 3.05) is 13.4 Å². The lowest BCUT2D eigenvalue weighted by molar-refractivity contribution is -0.136. The predicted octanol–water partition coefficient (Wildman–Crippen LogP) is 3.81. The van der Waals surface area contributed by atoms with Crippen LogP contribution >= 0.6 is 0 Å². The zero-order valence-electron chi connectivity index (χ0n) is 14.6. The van der Waals surface area contributed by atoms with E-state index in [0.29, 0.717) is 17.1 Å². The molecule has 0 N–H and O–H groups in total. The molecule has 0 aliphatic carbocycles. The Morgan fingerprint density at radius 3 is 2.62 bits per heavy atom. The van der Waals surface area contributed by atoms with Crippen molar-refractivity contribution in [3.8, 4) is 11.5 Å². The standard InChI is InChI=1S/C21H20O5/c1-2-3-15-4-8-17(9-5-15)18(22)13-24-21(23)11-7-16-6-10-19-20(12-16)26-14-25-19/h4-12H,2-3,13-14H2,1H3/b11-7+. The molecule has 0 saturated heterocycles. The van der Waals surface area contributed by atoms with Gasteiger partial charge in [0.05, 0.1) is 0 Å². The molecule has 5 heteroatoms. The molecule has 1 aliphatic rings. The molecule has 0 saturated carbocycles. The summed E-state index contributed by atoms with van der Waals surface area (Å²) in [6.45, 7) is 2.03. The number of fused-ring (bicyclic) bond motifs is 1. The Balaban J connectivity index is 1.51. The molecule has 1 heterocycles. The molecule has 5 nitrogen and oxygen atoms in total. The molecule has 0 radical (unpaired) electrons. The zero-order chi connectivity index (χ0) is 18.4. The Bertz CT molecular complexity index is 821. The van der Waals surface area contributed by atoms with Crippen LogP contribution in [0.25, 0.3) is 6.08 Å². The highest BCUT2D eigenvalue weighted by Crippen LogP contribution is 2.32. The molecule has 0 unspecified atom stereocenters. The highest BCUT2D eigenvalue weighted by molar-refractivity contribution is 5.98. The Hall–Kier alpha value is -3.08. The van der Waals surface area contributed by atoms with Crippen LogP contribution in [0, 0.1) is 0 Å². The molecule has 0 bridgehead atoms. The van der Waals surface area contributed by atoms with Gasteiger partial charge in [-0.25, -0.2) is 4.79 Å². The van der Waals surface area contributed by atoms with E-state index in [1.54, 1.807) is 36.4 Å². The summed E-state index contributed by atoms with van der Waals surface area (Å²) in [5.41, 5.74) is 2.51. The van der Waals surface area contributed by atoms with E-state index in [9.17, 15) is 9.59 Å². The van der Waals surface area contributed by atoms with Crippen LogP contribution in [0.2, 0.25) is 0 Å². The van der Waals surface area contributed by atoms with Crippen LogP contribution in [0.5, 0.6) is 11.5 Å². The molecule has 1 aliphatic heterocycles. The maximum atomic E-state index is 12.1. The first-order valence-corrected chi connectivity index (χ1v) is 8.52. The first-order chi connectivity index (χ1) is 12.7. The molecule has 0 amide bonds. The summed E-state index contributed by atoms with van der Waals surface area (Å²) in [6, 6.07) is 12.7. The quantitative estimate of drug-likeness (QED) is 0.431. The number of carbonyl (C=O) groups is 2. The van der Waals surface area contributed by atoms with Gasteiger partial charge in [-0.15, -0.1) is 0 Å². The fourth-order valence-corrected chi connectivity index (χ4v) is 2.60. The number of Topliss-reactive ketones (excluding diaryl/α,β-unsaturated/α-hetero) is 1. The summed E-state index contributed by atoms with van der Waals surface area (Å²) >= 11 is 0. The number of hydrogen-bond donors (Lipinski definition) is 0. The van der Waals surface area contributed by atoms with E-state index in [4.69, 9.17) is 14.2 Å². The molecular weight excluding hydrogens is 332 g/mol. The summed E-state index contributed by atoms with van der Waals surface area (Å²) in [4.78, 5) is 23.9. The van der Waals surface area contributed by atoms with Gasteiger partial charge in [-0.1, -0.05) is 43.7 Å². The Morgan fingerprint density at radius 1 is 1.08 bits per heavy atom. The molecule has 134 valence electrons. The van der Waals surface area contributed by atoms with E-state index in [0.717, 1.165) is 18.4 Å².